The Balaban J connectivity index is 1.88. The standard InChI is InChI=1S/C19H18ClNO4S/c1-25-19(22)16-7-8-17(20)18(13-16)26(23,24)21-11-9-15(10-12-21)14-5-3-2-4-6-14/h2-9,13H,10-12H2,1H3. The largest absolute Gasteiger partial charge is 0.465 e. The number of rotatable bonds is 4. The van der Waals surface area contributed by atoms with E-state index in [9.17, 15) is 13.2 Å². The topological polar surface area (TPSA) is 63.7 Å². The summed E-state index contributed by atoms with van der Waals surface area (Å²) < 4.78 is 32.0. The number of methoxy groups -OCH3 is 1. The molecular weight excluding hydrogens is 374 g/mol. The Morgan fingerprint density at radius 3 is 2.50 bits per heavy atom. The van der Waals surface area contributed by atoms with Gasteiger partial charge in [0.15, 0.2) is 0 Å². The number of halogens is 1. The van der Waals surface area contributed by atoms with Crippen molar-refractivity contribution in [2.45, 2.75) is 11.3 Å². The quantitative estimate of drug-likeness (QED) is 0.747. The molecule has 26 heavy (non-hydrogen) atoms. The minimum absolute atomic E-state index is 0.0792. The average Bonchev–Trinajstić information content (AvgIpc) is 2.68. The molecule has 2 aromatic rings. The summed E-state index contributed by atoms with van der Waals surface area (Å²) in [6.45, 7) is 0.604. The Bertz CT molecular complexity index is 955. The van der Waals surface area contributed by atoms with Crippen LogP contribution in [0.3, 0.4) is 0 Å². The fraction of sp³-hybridized carbons (Fsp3) is 0.211. The molecule has 0 unspecified atom stereocenters. The molecular formula is C19H18ClNO4S. The van der Waals surface area contributed by atoms with Crippen LogP contribution in [-0.4, -0.2) is 38.9 Å². The molecule has 0 amide bonds. The van der Waals surface area contributed by atoms with Crippen LogP contribution in [0, 0.1) is 0 Å². The molecule has 0 bridgehead atoms. The van der Waals surface area contributed by atoms with E-state index in [-0.39, 0.29) is 22.0 Å². The molecule has 136 valence electrons. The van der Waals surface area contributed by atoms with E-state index in [0.29, 0.717) is 13.0 Å². The van der Waals surface area contributed by atoms with Crippen molar-refractivity contribution >= 4 is 33.2 Å². The second-order valence-electron chi connectivity index (χ2n) is 5.85. The zero-order valence-corrected chi connectivity index (χ0v) is 15.8. The Morgan fingerprint density at radius 2 is 1.88 bits per heavy atom. The van der Waals surface area contributed by atoms with Crippen LogP contribution in [-0.2, 0) is 14.8 Å². The molecule has 5 nitrogen and oxygen atoms in total. The average molecular weight is 392 g/mol. The third-order valence-electron chi connectivity index (χ3n) is 4.29. The number of hydrogen-bond donors (Lipinski definition) is 0. The molecule has 0 N–H and O–H groups in total. The van der Waals surface area contributed by atoms with Crippen LogP contribution in [0.1, 0.15) is 22.3 Å². The van der Waals surface area contributed by atoms with Crippen molar-refractivity contribution < 1.29 is 17.9 Å². The highest BCUT2D eigenvalue weighted by molar-refractivity contribution is 7.89. The van der Waals surface area contributed by atoms with Crippen molar-refractivity contribution in [3.63, 3.8) is 0 Å². The van der Waals surface area contributed by atoms with Gasteiger partial charge in [-0.25, -0.2) is 13.2 Å². The number of hydrogen-bond acceptors (Lipinski definition) is 4. The predicted octanol–water partition coefficient (Wildman–Crippen LogP) is 3.60. The third-order valence-corrected chi connectivity index (χ3v) is 6.63. The molecule has 0 radical (unpaired) electrons. The monoisotopic (exact) mass is 391 g/mol. The van der Waals surface area contributed by atoms with Gasteiger partial charge in [0.25, 0.3) is 0 Å². The Kier molecular flexibility index (Phi) is 5.46. The van der Waals surface area contributed by atoms with Gasteiger partial charge in [0.2, 0.25) is 10.0 Å². The van der Waals surface area contributed by atoms with Crippen LogP contribution in [0.4, 0.5) is 0 Å². The normalized spacial score (nSPS) is 15.4. The van der Waals surface area contributed by atoms with Crippen molar-refractivity contribution in [2.24, 2.45) is 0 Å². The second-order valence-corrected chi connectivity index (χ2v) is 8.16. The molecule has 0 atom stereocenters. The zero-order valence-electron chi connectivity index (χ0n) is 14.2. The zero-order chi connectivity index (χ0) is 18.7. The number of sulfonamides is 1. The van der Waals surface area contributed by atoms with Gasteiger partial charge in [-0.05, 0) is 35.8 Å². The van der Waals surface area contributed by atoms with Gasteiger partial charge in [0.1, 0.15) is 4.90 Å². The lowest BCUT2D eigenvalue weighted by Gasteiger charge is -2.26. The van der Waals surface area contributed by atoms with Crippen molar-refractivity contribution in [3.8, 4) is 0 Å². The molecule has 0 saturated carbocycles. The fourth-order valence-electron chi connectivity index (χ4n) is 2.87. The van der Waals surface area contributed by atoms with Crippen molar-refractivity contribution in [1.82, 2.24) is 4.31 Å². The van der Waals surface area contributed by atoms with Crippen LogP contribution < -0.4 is 0 Å². The van der Waals surface area contributed by atoms with Gasteiger partial charge in [0.05, 0.1) is 17.7 Å². The molecule has 0 aromatic heterocycles. The molecule has 0 saturated heterocycles. The summed E-state index contributed by atoms with van der Waals surface area (Å²) in [5.41, 5.74) is 2.36. The van der Waals surface area contributed by atoms with E-state index >= 15 is 0 Å². The summed E-state index contributed by atoms with van der Waals surface area (Å²) >= 11 is 6.10. The number of esters is 1. The van der Waals surface area contributed by atoms with E-state index < -0.39 is 16.0 Å². The minimum atomic E-state index is -3.81. The summed E-state index contributed by atoms with van der Waals surface area (Å²) in [6, 6.07) is 14.0. The number of benzene rings is 2. The SMILES string of the molecule is COC(=O)c1ccc(Cl)c(S(=O)(=O)N2CC=C(c3ccccc3)CC2)c1. The summed E-state index contributed by atoms with van der Waals surface area (Å²) in [5, 5.41) is 0.0792. The fourth-order valence-corrected chi connectivity index (χ4v) is 4.75. The summed E-state index contributed by atoms with van der Waals surface area (Å²) in [6.07, 6.45) is 2.52. The highest BCUT2D eigenvalue weighted by Gasteiger charge is 2.29. The van der Waals surface area contributed by atoms with Crippen LogP contribution in [0.25, 0.3) is 5.57 Å². The summed E-state index contributed by atoms with van der Waals surface area (Å²) in [7, 11) is -2.57. The van der Waals surface area contributed by atoms with Gasteiger partial charge in [0, 0.05) is 13.1 Å². The van der Waals surface area contributed by atoms with E-state index in [2.05, 4.69) is 4.74 Å². The molecule has 0 spiro atoms. The summed E-state index contributed by atoms with van der Waals surface area (Å²) in [5.74, 6) is -0.608. The number of carbonyl (C=O) groups is 1. The molecule has 2 aromatic carbocycles. The lowest BCUT2D eigenvalue weighted by Crippen LogP contribution is -2.35. The van der Waals surface area contributed by atoms with Crippen LogP contribution >= 0.6 is 11.6 Å². The van der Waals surface area contributed by atoms with Gasteiger partial charge >= 0.3 is 5.97 Å². The summed E-state index contributed by atoms with van der Waals surface area (Å²) in [4.78, 5) is 11.6. The first-order valence-corrected chi connectivity index (χ1v) is 9.88. The van der Waals surface area contributed by atoms with E-state index in [1.165, 1.54) is 29.6 Å². The van der Waals surface area contributed by atoms with Crippen LogP contribution in [0.5, 0.6) is 0 Å². The molecule has 1 aliphatic rings. The van der Waals surface area contributed by atoms with Crippen LogP contribution in [0.15, 0.2) is 59.5 Å². The lowest BCUT2D eigenvalue weighted by atomic mass is 10.0. The number of ether oxygens (including phenoxy) is 1. The number of carbonyl (C=O) groups excluding carboxylic acids is 1. The maximum absolute atomic E-state index is 13.0. The molecule has 1 heterocycles. The smallest absolute Gasteiger partial charge is 0.337 e. The highest BCUT2D eigenvalue weighted by atomic mass is 35.5. The molecule has 7 heteroatoms. The lowest BCUT2D eigenvalue weighted by molar-refractivity contribution is 0.0600. The van der Waals surface area contributed by atoms with Gasteiger partial charge in [-0.15, -0.1) is 0 Å². The third kappa shape index (κ3) is 3.67. The first kappa shape index (κ1) is 18.6. The Hall–Kier alpha value is -2.15. The van der Waals surface area contributed by atoms with Crippen molar-refractivity contribution in [3.05, 3.63) is 70.8 Å². The molecule has 0 fully saturated rings. The molecule has 3 rings (SSSR count). The van der Waals surface area contributed by atoms with Crippen molar-refractivity contribution in [1.29, 1.82) is 0 Å². The van der Waals surface area contributed by atoms with Gasteiger partial charge in [-0.2, -0.15) is 4.31 Å². The van der Waals surface area contributed by atoms with E-state index in [1.54, 1.807) is 0 Å². The minimum Gasteiger partial charge on any atom is -0.465 e. The maximum atomic E-state index is 13.0. The predicted molar refractivity (Wildman–Crippen MR) is 101 cm³/mol. The Labute approximate surface area is 157 Å². The first-order chi connectivity index (χ1) is 12.4. The van der Waals surface area contributed by atoms with E-state index in [0.717, 1.165) is 11.1 Å². The van der Waals surface area contributed by atoms with E-state index in [4.69, 9.17) is 11.6 Å². The highest BCUT2D eigenvalue weighted by Crippen LogP contribution is 2.30. The molecule has 1 aliphatic heterocycles. The van der Waals surface area contributed by atoms with Gasteiger partial charge in [-0.3, -0.25) is 0 Å². The Morgan fingerprint density at radius 1 is 1.15 bits per heavy atom. The second kappa shape index (κ2) is 7.61. The van der Waals surface area contributed by atoms with Gasteiger partial charge in [-0.1, -0.05) is 48.0 Å². The maximum Gasteiger partial charge on any atom is 0.337 e. The van der Waals surface area contributed by atoms with Gasteiger partial charge < -0.3 is 4.74 Å². The number of nitrogens with zero attached hydrogens (tertiary/aromatic N) is 1. The van der Waals surface area contributed by atoms with Crippen LogP contribution in [0.2, 0.25) is 5.02 Å². The van der Waals surface area contributed by atoms with Crippen molar-refractivity contribution in [2.75, 3.05) is 20.2 Å². The van der Waals surface area contributed by atoms with E-state index in [1.807, 2.05) is 36.4 Å². The molecule has 0 aliphatic carbocycles. The first-order valence-electron chi connectivity index (χ1n) is 8.06.